The third-order valence-electron chi connectivity index (χ3n) is 4.61. The van der Waals surface area contributed by atoms with Crippen molar-refractivity contribution in [1.82, 2.24) is 4.98 Å². The minimum absolute atomic E-state index is 0.135. The first-order valence-corrected chi connectivity index (χ1v) is 11.3. The van der Waals surface area contributed by atoms with E-state index < -0.39 is 0 Å². The molecule has 7 heteroatoms. The van der Waals surface area contributed by atoms with Crippen molar-refractivity contribution in [3.63, 3.8) is 0 Å². The average Bonchev–Trinajstić information content (AvgIpc) is 3.50. The SMILES string of the molecule is Cc1ccc(/C=C2/S/C(=N/c3nc(-c4ccccc4)cs3)N(c3ccccc3)C2=O)o1. The second-order valence-electron chi connectivity index (χ2n) is 6.81. The minimum Gasteiger partial charge on any atom is -0.462 e. The number of furan rings is 1. The van der Waals surface area contributed by atoms with E-state index >= 15 is 0 Å². The molecule has 1 saturated heterocycles. The van der Waals surface area contributed by atoms with Gasteiger partial charge in [-0.2, -0.15) is 4.99 Å². The number of para-hydroxylation sites is 1. The van der Waals surface area contributed by atoms with E-state index in [-0.39, 0.29) is 5.91 Å². The lowest BCUT2D eigenvalue weighted by Gasteiger charge is -2.14. The number of rotatable bonds is 4. The number of thioether (sulfide) groups is 1. The summed E-state index contributed by atoms with van der Waals surface area (Å²) >= 11 is 2.77. The molecule has 1 aliphatic rings. The molecule has 1 fully saturated rings. The van der Waals surface area contributed by atoms with E-state index in [4.69, 9.17) is 9.41 Å². The molecule has 0 N–H and O–H groups in total. The Labute approximate surface area is 187 Å². The number of aromatic nitrogens is 1. The Balaban J connectivity index is 1.53. The first kappa shape index (κ1) is 19.5. The molecular weight excluding hydrogens is 426 g/mol. The molecule has 1 amide bonds. The van der Waals surface area contributed by atoms with Crippen LogP contribution in [-0.4, -0.2) is 16.1 Å². The van der Waals surface area contributed by atoms with Crippen molar-refractivity contribution in [2.45, 2.75) is 6.92 Å². The lowest BCUT2D eigenvalue weighted by Crippen LogP contribution is -2.28. The topological polar surface area (TPSA) is 58.7 Å². The summed E-state index contributed by atoms with van der Waals surface area (Å²) in [5.41, 5.74) is 2.67. The van der Waals surface area contributed by atoms with E-state index in [9.17, 15) is 4.79 Å². The Bertz CT molecular complexity index is 1290. The molecule has 0 radical (unpaired) electrons. The number of thiazole rings is 1. The van der Waals surface area contributed by atoms with E-state index in [1.165, 1.54) is 23.1 Å². The predicted molar refractivity (Wildman–Crippen MR) is 128 cm³/mol. The molecule has 5 nitrogen and oxygen atoms in total. The van der Waals surface area contributed by atoms with Crippen LogP contribution in [0.1, 0.15) is 11.5 Å². The maximum absolute atomic E-state index is 13.2. The lowest BCUT2D eigenvalue weighted by atomic mass is 10.2. The van der Waals surface area contributed by atoms with Crippen molar-refractivity contribution in [2.24, 2.45) is 4.99 Å². The Kier molecular flexibility index (Phi) is 5.28. The molecule has 3 heterocycles. The van der Waals surface area contributed by atoms with Crippen LogP contribution in [0.2, 0.25) is 0 Å². The predicted octanol–water partition coefficient (Wildman–Crippen LogP) is 6.52. The van der Waals surface area contributed by atoms with Crippen molar-refractivity contribution in [1.29, 1.82) is 0 Å². The summed E-state index contributed by atoms with van der Waals surface area (Å²) in [5.74, 6) is 1.30. The van der Waals surface area contributed by atoms with Gasteiger partial charge >= 0.3 is 0 Å². The van der Waals surface area contributed by atoms with Crippen molar-refractivity contribution < 1.29 is 9.21 Å². The largest absolute Gasteiger partial charge is 0.462 e. The third-order valence-corrected chi connectivity index (χ3v) is 6.31. The standard InChI is InChI=1S/C24H17N3O2S2/c1-16-12-13-19(29-16)14-21-22(28)27(18-10-6-3-7-11-18)24(31-21)26-23-25-20(15-30-23)17-8-4-2-5-9-17/h2-15H,1H3/b21-14+,26-24+. The summed E-state index contributed by atoms with van der Waals surface area (Å²) in [6.07, 6.45) is 1.76. The Morgan fingerprint density at radius 2 is 1.74 bits per heavy atom. The quantitative estimate of drug-likeness (QED) is 0.337. The van der Waals surface area contributed by atoms with E-state index in [1.807, 2.05) is 85.1 Å². The van der Waals surface area contributed by atoms with E-state index in [1.54, 1.807) is 11.0 Å². The number of anilines is 1. The van der Waals surface area contributed by atoms with Crippen LogP contribution < -0.4 is 4.90 Å². The second kappa shape index (κ2) is 8.37. The molecular formula is C24H17N3O2S2. The number of benzene rings is 2. The van der Waals surface area contributed by atoms with Crippen LogP contribution in [0, 0.1) is 6.92 Å². The maximum atomic E-state index is 13.2. The van der Waals surface area contributed by atoms with Crippen molar-refractivity contribution in [3.8, 4) is 11.3 Å². The van der Waals surface area contributed by atoms with Gasteiger partial charge in [0.25, 0.3) is 5.91 Å². The molecule has 0 spiro atoms. The van der Waals surface area contributed by atoms with Gasteiger partial charge in [0, 0.05) is 17.0 Å². The second-order valence-corrected chi connectivity index (χ2v) is 8.66. The van der Waals surface area contributed by atoms with Gasteiger partial charge in [-0.3, -0.25) is 9.69 Å². The molecule has 0 aliphatic carbocycles. The lowest BCUT2D eigenvalue weighted by molar-refractivity contribution is -0.113. The summed E-state index contributed by atoms with van der Waals surface area (Å²) in [4.78, 5) is 24.8. The fourth-order valence-electron chi connectivity index (χ4n) is 3.15. The highest BCUT2D eigenvalue weighted by Crippen LogP contribution is 2.38. The normalized spacial score (nSPS) is 16.5. The summed E-state index contributed by atoms with van der Waals surface area (Å²) < 4.78 is 5.63. The van der Waals surface area contributed by atoms with Crippen LogP contribution in [0.25, 0.3) is 17.3 Å². The van der Waals surface area contributed by atoms with Gasteiger partial charge in [-0.05, 0) is 43.0 Å². The Morgan fingerprint density at radius 3 is 2.45 bits per heavy atom. The van der Waals surface area contributed by atoms with Crippen molar-refractivity contribution >= 4 is 51.1 Å². The number of carbonyl (C=O) groups excluding carboxylic acids is 1. The van der Waals surface area contributed by atoms with Crippen LogP contribution in [-0.2, 0) is 4.79 Å². The molecule has 2 aromatic heterocycles. The Hall–Kier alpha value is -3.42. The van der Waals surface area contributed by atoms with Crippen LogP contribution in [0.15, 0.2) is 92.5 Å². The van der Waals surface area contributed by atoms with Gasteiger partial charge in [-0.15, -0.1) is 11.3 Å². The van der Waals surface area contributed by atoms with Gasteiger partial charge in [-0.25, -0.2) is 4.98 Å². The molecule has 0 saturated carbocycles. The number of aryl methyl sites for hydroxylation is 1. The molecule has 0 atom stereocenters. The van der Waals surface area contributed by atoms with Gasteiger partial charge in [-0.1, -0.05) is 48.5 Å². The summed E-state index contributed by atoms with van der Waals surface area (Å²) in [6, 6.07) is 23.2. The highest BCUT2D eigenvalue weighted by molar-refractivity contribution is 8.19. The van der Waals surface area contributed by atoms with E-state index in [2.05, 4.69) is 4.98 Å². The zero-order valence-electron chi connectivity index (χ0n) is 16.6. The monoisotopic (exact) mass is 443 g/mol. The first-order chi connectivity index (χ1) is 15.2. The molecule has 31 heavy (non-hydrogen) atoms. The van der Waals surface area contributed by atoms with Gasteiger partial charge in [0.2, 0.25) is 5.13 Å². The highest BCUT2D eigenvalue weighted by Gasteiger charge is 2.35. The molecule has 5 rings (SSSR count). The molecule has 0 unspecified atom stereocenters. The van der Waals surface area contributed by atoms with Crippen LogP contribution in [0.3, 0.4) is 0 Å². The molecule has 1 aliphatic heterocycles. The number of nitrogens with zero attached hydrogens (tertiary/aromatic N) is 3. The van der Waals surface area contributed by atoms with E-state index in [0.717, 1.165) is 22.7 Å². The zero-order valence-corrected chi connectivity index (χ0v) is 18.2. The van der Waals surface area contributed by atoms with Gasteiger partial charge in [0.1, 0.15) is 11.5 Å². The summed E-state index contributed by atoms with van der Waals surface area (Å²) in [7, 11) is 0. The maximum Gasteiger partial charge on any atom is 0.271 e. The molecule has 0 bridgehead atoms. The number of amidine groups is 1. The van der Waals surface area contributed by atoms with Gasteiger partial charge in [0.05, 0.1) is 16.3 Å². The van der Waals surface area contributed by atoms with Crippen molar-refractivity contribution in [3.05, 3.63) is 94.6 Å². The highest BCUT2D eigenvalue weighted by atomic mass is 32.2. The number of aliphatic imine (C=N–C) groups is 1. The average molecular weight is 444 g/mol. The molecule has 4 aromatic rings. The fourth-order valence-corrected chi connectivity index (χ4v) is 4.87. The van der Waals surface area contributed by atoms with Crippen LogP contribution in [0.4, 0.5) is 10.8 Å². The van der Waals surface area contributed by atoms with Crippen molar-refractivity contribution in [2.75, 3.05) is 4.90 Å². The number of hydrogen-bond donors (Lipinski definition) is 0. The smallest absolute Gasteiger partial charge is 0.271 e. The van der Waals surface area contributed by atoms with Crippen LogP contribution in [0.5, 0.6) is 0 Å². The number of carbonyl (C=O) groups is 1. The molecule has 152 valence electrons. The summed E-state index contributed by atoms with van der Waals surface area (Å²) in [5, 5.41) is 3.15. The Morgan fingerprint density at radius 1 is 1.00 bits per heavy atom. The first-order valence-electron chi connectivity index (χ1n) is 9.62. The van der Waals surface area contributed by atoms with Gasteiger partial charge < -0.3 is 4.42 Å². The minimum atomic E-state index is -0.135. The summed E-state index contributed by atoms with van der Waals surface area (Å²) in [6.45, 7) is 1.88. The van der Waals surface area contributed by atoms with Gasteiger partial charge in [0.15, 0.2) is 5.17 Å². The molecule has 2 aromatic carbocycles. The number of amides is 1. The van der Waals surface area contributed by atoms with E-state index in [0.29, 0.717) is 21.0 Å². The fraction of sp³-hybridized carbons (Fsp3) is 0.0417. The third kappa shape index (κ3) is 4.10. The number of hydrogen-bond acceptors (Lipinski definition) is 6. The zero-order chi connectivity index (χ0) is 21.2. The van der Waals surface area contributed by atoms with Crippen LogP contribution >= 0.6 is 23.1 Å².